The Kier molecular flexibility index (Phi) is 5.26. The maximum absolute atomic E-state index is 11.9. The van der Waals surface area contributed by atoms with Gasteiger partial charge in [-0.25, -0.2) is 0 Å². The summed E-state index contributed by atoms with van der Waals surface area (Å²) in [5.74, 6) is 0.266. The van der Waals surface area contributed by atoms with Crippen molar-refractivity contribution in [3.05, 3.63) is 34.4 Å². The number of nitrogens with one attached hydrogen (secondary N) is 2. The van der Waals surface area contributed by atoms with Crippen molar-refractivity contribution in [1.29, 1.82) is 0 Å². The molecule has 1 aromatic heterocycles. The van der Waals surface area contributed by atoms with Gasteiger partial charge in [0.25, 0.3) is 5.69 Å². The van der Waals surface area contributed by atoms with E-state index in [-0.39, 0.29) is 23.7 Å². The molecule has 1 fully saturated rings. The van der Waals surface area contributed by atoms with Crippen LogP contribution in [0.5, 0.6) is 0 Å². The molecule has 1 aliphatic rings. The van der Waals surface area contributed by atoms with Gasteiger partial charge in [-0.2, -0.15) is 0 Å². The third-order valence-electron chi connectivity index (χ3n) is 3.24. The second kappa shape index (κ2) is 7.58. The second-order valence-electron chi connectivity index (χ2n) is 5.21. The summed E-state index contributed by atoms with van der Waals surface area (Å²) in [6.45, 7) is 0. The molecule has 126 valence electrons. The van der Waals surface area contributed by atoms with Crippen molar-refractivity contribution in [2.75, 3.05) is 16.4 Å². The van der Waals surface area contributed by atoms with Gasteiger partial charge in [0.1, 0.15) is 5.69 Å². The van der Waals surface area contributed by atoms with E-state index in [4.69, 9.17) is 0 Å². The van der Waals surface area contributed by atoms with Crippen LogP contribution in [-0.4, -0.2) is 32.8 Å². The van der Waals surface area contributed by atoms with Crippen LogP contribution < -0.4 is 10.6 Å². The van der Waals surface area contributed by atoms with Crippen LogP contribution in [0.25, 0.3) is 0 Å². The van der Waals surface area contributed by atoms with Crippen LogP contribution in [0.2, 0.25) is 0 Å². The Morgan fingerprint density at radius 1 is 1.38 bits per heavy atom. The Morgan fingerprint density at radius 3 is 2.92 bits per heavy atom. The molecule has 10 heteroatoms. The number of anilines is 2. The third-order valence-corrected chi connectivity index (χ3v) is 5.23. The Labute approximate surface area is 146 Å². The van der Waals surface area contributed by atoms with Gasteiger partial charge in [0, 0.05) is 24.3 Å². The van der Waals surface area contributed by atoms with Crippen molar-refractivity contribution in [3.8, 4) is 0 Å². The summed E-state index contributed by atoms with van der Waals surface area (Å²) in [4.78, 5) is 22.3. The monoisotopic (exact) mass is 365 g/mol. The molecule has 1 aromatic carbocycles. The lowest BCUT2D eigenvalue weighted by Crippen LogP contribution is -2.13. The average molecular weight is 365 g/mol. The van der Waals surface area contributed by atoms with Crippen LogP contribution in [0.15, 0.2) is 28.6 Å². The van der Waals surface area contributed by atoms with E-state index in [1.165, 1.54) is 48.1 Å². The normalized spacial score (nSPS) is 13.5. The molecule has 0 aliphatic heterocycles. The summed E-state index contributed by atoms with van der Waals surface area (Å²) < 4.78 is 0.802. The first kappa shape index (κ1) is 16.7. The number of hydrogen-bond donors (Lipinski definition) is 2. The molecule has 0 unspecified atom stereocenters. The standard InChI is InChI=1S/C14H15N5O3S2/c20-12(16-10-3-1-2-4-11(10)19(21)22)7-8-23-14-18-17-13(24-14)15-9-5-6-9/h1-4,9H,5-8H2,(H,15,17)(H,16,20). The Morgan fingerprint density at radius 2 is 2.17 bits per heavy atom. The molecule has 8 nitrogen and oxygen atoms in total. The highest BCUT2D eigenvalue weighted by Gasteiger charge is 2.22. The summed E-state index contributed by atoms with van der Waals surface area (Å²) in [5.41, 5.74) is 0.0998. The molecule has 24 heavy (non-hydrogen) atoms. The number of nitrogens with zero attached hydrogens (tertiary/aromatic N) is 3. The molecular formula is C14H15N5O3S2. The molecule has 2 N–H and O–H groups in total. The number of rotatable bonds is 8. The fourth-order valence-corrected chi connectivity index (χ4v) is 3.75. The molecule has 0 atom stereocenters. The first-order chi connectivity index (χ1) is 11.6. The number of aromatic nitrogens is 2. The minimum Gasteiger partial charge on any atom is -0.357 e. The van der Waals surface area contributed by atoms with Crippen LogP contribution in [0.4, 0.5) is 16.5 Å². The number of carbonyl (C=O) groups excluding carboxylic acids is 1. The van der Waals surface area contributed by atoms with Gasteiger partial charge in [-0.05, 0) is 18.9 Å². The summed E-state index contributed by atoms with van der Waals surface area (Å²) in [6.07, 6.45) is 2.59. The number of thioether (sulfide) groups is 1. The van der Waals surface area contributed by atoms with Crippen molar-refractivity contribution < 1.29 is 9.72 Å². The van der Waals surface area contributed by atoms with Gasteiger partial charge in [-0.3, -0.25) is 14.9 Å². The van der Waals surface area contributed by atoms with E-state index in [2.05, 4.69) is 20.8 Å². The third kappa shape index (κ3) is 4.65. The highest BCUT2D eigenvalue weighted by Crippen LogP contribution is 2.30. The first-order valence-corrected chi connectivity index (χ1v) is 9.18. The number of amides is 1. The second-order valence-corrected chi connectivity index (χ2v) is 7.53. The van der Waals surface area contributed by atoms with Crippen molar-refractivity contribution >= 4 is 45.5 Å². The SMILES string of the molecule is O=C(CCSc1nnc(NC2CC2)s1)Nc1ccccc1[N+](=O)[O-]. The van der Waals surface area contributed by atoms with Crippen molar-refractivity contribution in [3.63, 3.8) is 0 Å². The van der Waals surface area contributed by atoms with E-state index in [9.17, 15) is 14.9 Å². The fourth-order valence-electron chi connectivity index (χ4n) is 1.91. The minimum absolute atomic E-state index is 0.113. The number of carbonyl (C=O) groups is 1. The van der Waals surface area contributed by atoms with E-state index in [0.29, 0.717) is 11.8 Å². The zero-order valence-corrected chi connectivity index (χ0v) is 14.2. The van der Waals surface area contributed by atoms with E-state index < -0.39 is 4.92 Å². The molecular weight excluding hydrogens is 350 g/mol. The molecule has 3 rings (SSSR count). The van der Waals surface area contributed by atoms with Crippen molar-refractivity contribution in [1.82, 2.24) is 10.2 Å². The molecule has 1 saturated carbocycles. The Balaban J connectivity index is 1.45. The largest absolute Gasteiger partial charge is 0.357 e. The summed E-state index contributed by atoms with van der Waals surface area (Å²) in [7, 11) is 0. The average Bonchev–Trinajstić information content (AvgIpc) is 3.25. The lowest BCUT2D eigenvalue weighted by atomic mass is 10.2. The number of benzene rings is 1. The quantitative estimate of drug-likeness (QED) is 0.420. The van der Waals surface area contributed by atoms with Crippen molar-refractivity contribution in [2.45, 2.75) is 29.6 Å². The van der Waals surface area contributed by atoms with E-state index in [1.54, 1.807) is 12.1 Å². The van der Waals surface area contributed by atoms with Gasteiger partial charge in [-0.1, -0.05) is 35.2 Å². The van der Waals surface area contributed by atoms with Crippen molar-refractivity contribution in [2.24, 2.45) is 0 Å². The molecule has 1 amide bonds. The summed E-state index contributed by atoms with van der Waals surface area (Å²) in [5, 5.41) is 25.7. The topological polar surface area (TPSA) is 110 Å². The molecule has 1 aliphatic carbocycles. The predicted octanol–water partition coefficient (Wildman–Crippen LogP) is 3.14. The molecule has 2 aromatic rings. The van der Waals surface area contributed by atoms with Gasteiger partial charge >= 0.3 is 0 Å². The van der Waals surface area contributed by atoms with Gasteiger partial charge in [0.15, 0.2) is 4.34 Å². The van der Waals surface area contributed by atoms with Gasteiger partial charge in [0.2, 0.25) is 11.0 Å². The van der Waals surface area contributed by atoms with Gasteiger partial charge in [-0.15, -0.1) is 10.2 Å². The maximum atomic E-state index is 11.9. The Bertz CT molecular complexity index is 748. The van der Waals surface area contributed by atoms with E-state index in [1.807, 2.05) is 0 Å². The molecule has 0 spiro atoms. The molecule has 0 radical (unpaired) electrons. The number of nitro benzene ring substituents is 1. The first-order valence-electron chi connectivity index (χ1n) is 7.38. The van der Waals surface area contributed by atoms with Crippen LogP contribution in [0, 0.1) is 10.1 Å². The lowest BCUT2D eigenvalue weighted by molar-refractivity contribution is -0.383. The zero-order valence-electron chi connectivity index (χ0n) is 12.6. The Hall–Kier alpha value is -2.20. The zero-order chi connectivity index (χ0) is 16.9. The van der Waals surface area contributed by atoms with Crippen LogP contribution in [0.1, 0.15) is 19.3 Å². The fraction of sp³-hybridized carbons (Fsp3) is 0.357. The lowest BCUT2D eigenvalue weighted by Gasteiger charge is -2.05. The number of hydrogen-bond acceptors (Lipinski definition) is 8. The van der Waals surface area contributed by atoms with Crippen LogP contribution in [0.3, 0.4) is 0 Å². The number of nitro groups is 1. The predicted molar refractivity (Wildman–Crippen MR) is 93.6 cm³/mol. The maximum Gasteiger partial charge on any atom is 0.292 e. The van der Waals surface area contributed by atoms with E-state index in [0.717, 1.165) is 9.47 Å². The van der Waals surface area contributed by atoms with E-state index >= 15 is 0 Å². The summed E-state index contributed by atoms with van der Waals surface area (Å²) in [6, 6.07) is 6.62. The molecule has 1 heterocycles. The van der Waals surface area contributed by atoms with Gasteiger partial charge in [0.05, 0.1) is 4.92 Å². The number of para-hydroxylation sites is 2. The smallest absolute Gasteiger partial charge is 0.292 e. The van der Waals surface area contributed by atoms with Gasteiger partial charge < -0.3 is 10.6 Å². The highest BCUT2D eigenvalue weighted by molar-refractivity contribution is 8.01. The van der Waals surface area contributed by atoms with Crippen LogP contribution in [-0.2, 0) is 4.79 Å². The molecule has 0 saturated heterocycles. The van der Waals surface area contributed by atoms with Crippen LogP contribution >= 0.6 is 23.1 Å². The summed E-state index contributed by atoms with van der Waals surface area (Å²) >= 11 is 2.92. The minimum atomic E-state index is -0.514. The molecule has 0 bridgehead atoms. The highest BCUT2D eigenvalue weighted by atomic mass is 32.2.